The van der Waals surface area contributed by atoms with Crippen molar-refractivity contribution in [3.63, 3.8) is 0 Å². The van der Waals surface area contributed by atoms with Crippen LogP contribution in [0.4, 0.5) is 11.4 Å². The van der Waals surface area contributed by atoms with Crippen molar-refractivity contribution in [3.8, 4) is 11.3 Å². The Morgan fingerprint density at radius 3 is 2.59 bits per heavy atom. The molecule has 0 aliphatic rings. The van der Waals surface area contributed by atoms with E-state index in [4.69, 9.17) is 16.0 Å². The molecular formula is C13H11N3O. The fourth-order valence-electron chi connectivity index (χ4n) is 1.82. The average Bonchev–Trinajstić information content (AvgIpc) is 2.76. The summed E-state index contributed by atoms with van der Waals surface area (Å²) < 4.78 is 5.25. The number of anilines is 2. The molecule has 4 heteroatoms. The Hall–Kier alpha value is -2.49. The Labute approximate surface area is 97.8 Å². The van der Waals surface area contributed by atoms with Crippen LogP contribution >= 0.6 is 0 Å². The summed E-state index contributed by atoms with van der Waals surface area (Å²) in [6.07, 6.45) is 0. The van der Waals surface area contributed by atoms with Crippen LogP contribution < -0.4 is 11.5 Å². The summed E-state index contributed by atoms with van der Waals surface area (Å²) in [4.78, 5) is 0. The van der Waals surface area contributed by atoms with Crippen molar-refractivity contribution in [3.05, 3.63) is 42.5 Å². The van der Waals surface area contributed by atoms with Crippen molar-refractivity contribution >= 4 is 22.3 Å². The molecule has 0 aliphatic heterocycles. The van der Waals surface area contributed by atoms with Gasteiger partial charge in [0.15, 0.2) is 5.58 Å². The van der Waals surface area contributed by atoms with Crippen molar-refractivity contribution < 1.29 is 4.52 Å². The van der Waals surface area contributed by atoms with Crippen LogP contribution in [0.25, 0.3) is 22.2 Å². The molecule has 1 aromatic heterocycles. The van der Waals surface area contributed by atoms with Crippen molar-refractivity contribution in [1.82, 2.24) is 5.16 Å². The predicted octanol–water partition coefficient (Wildman–Crippen LogP) is 2.66. The van der Waals surface area contributed by atoms with Gasteiger partial charge in [-0.25, -0.2) is 0 Å². The minimum Gasteiger partial charge on any atom is -0.397 e. The number of nitrogens with two attached hydrogens (primary N) is 2. The van der Waals surface area contributed by atoms with Gasteiger partial charge in [-0.3, -0.25) is 0 Å². The van der Waals surface area contributed by atoms with E-state index in [1.807, 2.05) is 30.3 Å². The third kappa shape index (κ3) is 1.50. The molecule has 0 atom stereocenters. The number of nitrogens with zero attached hydrogens (tertiary/aromatic N) is 1. The normalized spacial score (nSPS) is 10.8. The summed E-state index contributed by atoms with van der Waals surface area (Å²) in [6.45, 7) is 0. The minimum atomic E-state index is 0.551. The van der Waals surface area contributed by atoms with Crippen LogP contribution in [0, 0.1) is 0 Å². The molecule has 17 heavy (non-hydrogen) atoms. The first kappa shape index (κ1) is 9.72. The quantitative estimate of drug-likeness (QED) is 0.624. The molecule has 84 valence electrons. The molecule has 0 unspecified atom stereocenters. The predicted molar refractivity (Wildman–Crippen MR) is 68.3 cm³/mol. The highest BCUT2D eigenvalue weighted by molar-refractivity contribution is 5.92. The zero-order valence-electron chi connectivity index (χ0n) is 9.05. The molecule has 0 amide bonds. The number of fused-ring (bicyclic) bond motifs is 1. The first-order valence-electron chi connectivity index (χ1n) is 5.25. The Bertz CT molecular complexity index is 688. The smallest absolute Gasteiger partial charge is 0.167 e. The summed E-state index contributed by atoms with van der Waals surface area (Å²) in [5, 5.41) is 5.03. The van der Waals surface area contributed by atoms with E-state index in [2.05, 4.69) is 5.16 Å². The molecule has 0 fully saturated rings. The molecule has 2 aromatic carbocycles. The van der Waals surface area contributed by atoms with Gasteiger partial charge in [-0.2, -0.15) is 0 Å². The maximum absolute atomic E-state index is 5.79. The van der Waals surface area contributed by atoms with Gasteiger partial charge in [-0.15, -0.1) is 0 Å². The Balaban J connectivity index is 2.24. The van der Waals surface area contributed by atoms with E-state index in [0.717, 1.165) is 22.2 Å². The third-order valence-corrected chi connectivity index (χ3v) is 2.74. The van der Waals surface area contributed by atoms with Crippen LogP contribution in [0.2, 0.25) is 0 Å². The highest BCUT2D eigenvalue weighted by Gasteiger charge is 2.10. The van der Waals surface area contributed by atoms with Crippen LogP contribution in [0.5, 0.6) is 0 Å². The highest BCUT2D eigenvalue weighted by atomic mass is 16.5. The van der Waals surface area contributed by atoms with Gasteiger partial charge in [0, 0.05) is 10.9 Å². The van der Waals surface area contributed by atoms with Crippen molar-refractivity contribution in [2.75, 3.05) is 11.5 Å². The Kier molecular flexibility index (Phi) is 2.01. The number of hydrogen-bond donors (Lipinski definition) is 2. The number of nitrogen functional groups attached to an aromatic ring is 2. The van der Waals surface area contributed by atoms with Crippen LogP contribution in [-0.4, -0.2) is 5.16 Å². The Morgan fingerprint density at radius 1 is 0.941 bits per heavy atom. The largest absolute Gasteiger partial charge is 0.397 e. The molecular weight excluding hydrogens is 214 g/mol. The molecule has 3 rings (SSSR count). The number of para-hydroxylation sites is 1. The van der Waals surface area contributed by atoms with Crippen LogP contribution in [0.15, 0.2) is 47.0 Å². The second-order valence-electron chi connectivity index (χ2n) is 3.87. The number of hydrogen-bond acceptors (Lipinski definition) is 4. The number of rotatable bonds is 1. The summed E-state index contributed by atoms with van der Waals surface area (Å²) in [7, 11) is 0. The van der Waals surface area contributed by atoms with E-state index in [-0.39, 0.29) is 0 Å². The van der Waals surface area contributed by atoms with E-state index < -0.39 is 0 Å². The molecule has 0 spiro atoms. The second kappa shape index (κ2) is 3.52. The van der Waals surface area contributed by atoms with E-state index in [9.17, 15) is 0 Å². The first-order valence-corrected chi connectivity index (χ1v) is 5.25. The zero-order valence-corrected chi connectivity index (χ0v) is 9.05. The summed E-state index contributed by atoms with van der Waals surface area (Å²) in [6, 6.07) is 13.2. The lowest BCUT2D eigenvalue weighted by atomic mass is 10.1. The Morgan fingerprint density at radius 2 is 1.76 bits per heavy atom. The van der Waals surface area contributed by atoms with Gasteiger partial charge in [-0.05, 0) is 24.3 Å². The van der Waals surface area contributed by atoms with Gasteiger partial charge >= 0.3 is 0 Å². The molecule has 1 heterocycles. The molecule has 3 aromatic rings. The van der Waals surface area contributed by atoms with Gasteiger partial charge < -0.3 is 16.0 Å². The summed E-state index contributed by atoms with van der Waals surface area (Å²) in [5.41, 5.74) is 15.0. The van der Waals surface area contributed by atoms with Crippen molar-refractivity contribution in [1.29, 1.82) is 0 Å². The minimum absolute atomic E-state index is 0.551. The lowest BCUT2D eigenvalue weighted by Crippen LogP contribution is -1.94. The zero-order chi connectivity index (χ0) is 11.8. The van der Waals surface area contributed by atoms with E-state index in [1.54, 1.807) is 12.1 Å². The van der Waals surface area contributed by atoms with Crippen LogP contribution in [0.3, 0.4) is 0 Å². The molecule has 4 N–H and O–H groups in total. The molecule has 0 aliphatic carbocycles. The molecule has 4 nitrogen and oxygen atoms in total. The highest BCUT2D eigenvalue weighted by Crippen LogP contribution is 2.30. The maximum atomic E-state index is 5.79. The number of aromatic nitrogens is 1. The molecule has 0 saturated carbocycles. The maximum Gasteiger partial charge on any atom is 0.167 e. The lowest BCUT2D eigenvalue weighted by Gasteiger charge is -2.02. The first-order chi connectivity index (χ1) is 8.25. The number of benzene rings is 2. The van der Waals surface area contributed by atoms with Gasteiger partial charge in [0.1, 0.15) is 5.69 Å². The standard InChI is InChI=1S/C13H11N3O/c14-10-6-5-8(7-11(10)15)13-9-3-1-2-4-12(9)17-16-13/h1-7H,14-15H2. The topological polar surface area (TPSA) is 78.1 Å². The lowest BCUT2D eigenvalue weighted by molar-refractivity contribution is 0.459. The fraction of sp³-hybridized carbons (Fsp3) is 0. The van der Waals surface area contributed by atoms with Crippen molar-refractivity contribution in [2.24, 2.45) is 0 Å². The second-order valence-corrected chi connectivity index (χ2v) is 3.87. The summed E-state index contributed by atoms with van der Waals surface area (Å²) in [5.74, 6) is 0. The fourth-order valence-corrected chi connectivity index (χ4v) is 1.82. The van der Waals surface area contributed by atoms with E-state index in [0.29, 0.717) is 11.4 Å². The molecule has 0 saturated heterocycles. The molecule has 0 radical (unpaired) electrons. The van der Waals surface area contributed by atoms with E-state index >= 15 is 0 Å². The van der Waals surface area contributed by atoms with Crippen molar-refractivity contribution in [2.45, 2.75) is 0 Å². The summed E-state index contributed by atoms with van der Waals surface area (Å²) >= 11 is 0. The van der Waals surface area contributed by atoms with Gasteiger partial charge in [0.25, 0.3) is 0 Å². The van der Waals surface area contributed by atoms with Gasteiger partial charge in [0.05, 0.1) is 11.4 Å². The SMILES string of the molecule is Nc1ccc(-c2noc3ccccc23)cc1N. The monoisotopic (exact) mass is 225 g/mol. The average molecular weight is 225 g/mol. The van der Waals surface area contributed by atoms with E-state index in [1.165, 1.54) is 0 Å². The van der Waals surface area contributed by atoms with Gasteiger partial charge in [0.2, 0.25) is 0 Å². The third-order valence-electron chi connectivity index (χ3n) is 2.74. The van der Waals surface area contributed by atoms with Crippen LogP contribution in [0.1, 0.15) is 0 Å². The molecule has 0 bridgehead atoms. The van der Waals surface area contributed by atoms with Crippen LogP contribution in [-0.2, 0) is 0 Å². The van der Waals surface area contributed by atoms with Gasteiger partial charge in [-0.1, -0.05) is 23.4 Å².